The minimum atomic E-state index is 0. The molecule has 0 unspecified atom stereocenters. The Bertz CT molecular complexity index is 135. The van der Waals surface area contributed by atoms with Gasteiger partial charge in [-0.05, 0) is 0 Å². The van der Waals surface area contributed by atoms with Gasteiger partial charge < -0.3 is 18.9 Å². The Morgan fingerprint density at radius 3 is 0.588 bits per heavy atom. The average molecular weight is 276 g/mol. The van der Waals surface area contributed by atoms with Crippen molar-refractivity contribution >= 4 is 0 Å². The van der Waals surface area contributed by atoms with Crippen molar-refractivity contribution in [1.82, 2.24) is 0 Å². The molecule has 0 aromatic heterocycles. The van der Waals surface area contributed by atoms with Crippen molar-refractivity contribution in [2.75, 3.05) is 26.4 Å². The first-order valence-electron chi connectivity index (χ1n) is 5.39. The minimum absolute atomic E-state index is 0. The molecule has 4 fully saturated rings. The van der Waals surface area contributed by atoms with Gasteiger partial charge in [0.05, 0.1) is 0 Å². The Morgan fingerprint density at radius 1 is 0.529 bits per heavy atom. The first-order chi connectivity index (χ1) is 7.58. The zero-order valence-corrected chi connectivity index (χ0v) is 12.5. The summed E-state index contributed by atoms with van der Waals surface area (Å²) in [6.45, 7) is 11.5. The molecule has 0 atom stereocenters. The number of hydrogen-bond acceptors (Lipinski definition) is 4. The van der Waals surface area contributed by atoms with Gasteiger partial charge in [-0.15, -0.1) is 0 Å². The summed E-state index contributed by atoms with van der Waals surface area (Å²) in [6, 6.07) is 0. The van der Waals surface area contributed by atoms with Crippen LogP contribution in [-0.2, 0) is 40.7 Å². The molecule has 4 aliphatic heterocycles. The molecule has 4 saturated heterocycles. The summed E-state index contributed by atoms with van der Waals surface area (Å²) >= 11 is 0. The maximum atomic E-state index is 4.62. The van der Waals surface area contributed by atoms with Crippen LogP contribution in [-0.4, -0.2) is 26.4 Å². The summed E-state index contributed by atoms with van der Waals surface area (Å²) in [7, 11) is 0. The monoisotopic (exact) mass is 276 g/mol. The predicted molar refractivity (Wildman–Crippen MR) is 59.5 cm³/mol. The molecular weight excluding hydrogens is 256 g/mol. The van der Waals surface area contributed by atoms with Crippen molar-refractivity contribution < 1.29 is 40.7 Å². The summed E-state index contributed by atoms with van der Waals surface area (Å²) < 4.78 is 18.5. The van der Waals surface area contributed by atoms with Crippen molar-refractivity contribution in [2.45, 2.75) is 27.7 Å². The minimum Gasteiger partial charge on any atom is -0.571 e. The molecule has 4 rings (SSSR count). The standard InChI is InChI=1S/4C3H5O.Ti/c4*1-3-2-4-3;/h4*2H2,1H3;/q4*-1;+4. The van der Waals surface area contributed by atoms with Crippen LogP contribution < -0.4 is 0 Å². The van der Waals surface area contributed by atoms with Crippen LogP contribution >= 0.6 is 0 Å². The van der Waals surface area contributed by atoms with Crippen LogP contribution in [0.1, 0.15) is 27.7 Å². The summed E-state index contributed by atoms with van der Waals surface area (Å²) in [4.78, 5) is 0. The zero-order valence-electron chi connectivity index (χ0n) is 11.0. The van der Waals surface area contributed by atoms with E-state index >= 15 is 0 Å². The number of rotatable bonds is 0. The van der Waals surface area contributed by atoms with Gasteiger partial charge in [-0.25, -0.2) is 0 Å². The van der Waals surface area contributed by atoms with E-state index in [0.717, 1.165) is 26.4 Å². The SMILES string of the molecule is C[C-]1CO1.C[C-]1CO1.C[C-]1CO1.C[C-]1CO1.[Ti+4]. The van der Waals surface area contributed by atoms with Crippen LogP contribution in [0.15, 0.2) is 0 Å². The van der Waals surface area contributed by atoms with Gasteiger partial charge in [-0.3, -0.25) is 0 Å². The van der Waals surface area contributed by atoms with Crippen molar-refractivity contribution in [3.05, 3.63) is 24.4 Å². The second-order valence-electron chi connectivity index (χ2n) is 3.96. The Balaban J connectivity index is 0.000000197. The van der Waals surface area contributed by atoms with E-state index in [1.54, 1.807) is 0 Å². The van der Waals surface area contributed by atoms with Gasteiger partial charge in [0, 0.05) is 0 Å². The van der Waals surface area contributed by atoms with Crippen molar-refractivity contribution in [3.8, 4) is 0 Å². The molecule has 4 heterocycles. The molecule has 0 spiro atoms. The van der Waals surface area contributed by atoms with E-state index in [9.17, 15) is 0 Å². The van der Waals surface area contributed by atoms with Gasteiger partial charge in [0.25, 0.3) is 0 Å². The van der Waals surface area contributed by atoms with Crippen LogP contribution in [0, 0.1) is 24.4 Å². The van der Waals surface area contributed by atoms with Gasteiger partial charge in [0.2, 0.25) is 0 Å². The Hall–Kier alpha value is 0.554. The first kappa shape index (κ1) is 17.6. The van der Waals surface area contributed by atoms with Crippen molar-refractivity contribution in [1.29, 1.82) is 0 Å². The Morgan fingerprint density at radius 2 is 0.588 bits per heavy atom. The second kappa shape index (κ2) is 9.48. The van der Waals surface area contributed by atoms with E-state index in [2.05, 4.69) is 18.9 Å². The van der Waals surface area contributed by atoms with E-state index in [1.807, 2.05) is 27.7 Å². The number of ether oxygens (including phenoxy) is 4. The van der Waals surface area contributed by atoms with Gasteiger partial charge in [-0.2, -0.15) is 52.1 Å². The maximum absolute atomic E-state index is 4.62. The molecule has 0 aromatic carbocycles. The Kier molecular flexibility index (Phi) is 9.79. The van der Waals surface area contributed by atoms with Crippen LogP contribution in [0.2, 0.25) is 0 Å². The fraction of sp³-hybridized carbons (Fsp3) is 0.667. The van der Waals surface area contributed by atoms with E-state index in [0.29, 0.717) is 0 Å². The van der Waals surface area contributed by atoms with Gasteiger partial charge in [-0.1, -0.05) is 26.4 Å². The van der Waals surface area contributed by atoms with Crippen LogP contribution in [0.25, 0.3) is 0 Å². The van der Waals surface area contributed by atoms with E-state index in [1.165, 1.54) is 24.4 Å². The van der Waals surface area contributed by atoms with Gasteiger partial charge in [0.1, 0.15) is 0 Å². The maximum Gasteiger partial charge on any atom is 4.00 e. The predicted octanol–water partition coefficient (Wildman–Crippen LogP) is 2.27. The zero-order chi connectivity index (χ0) is 12.0. The second-order valence-corrected chi connectivity index (χ2v) is 3.96. The molecule has 0 amide bonds. The molecule has 0 aliphatic carbocycles. The molecule has 0 saturated carbocycles. The first-order valence-corrected chi connectivity index (χ1v) is 5.39. The molecule has 0 bridgehead atoms. The van der Waals surface area contributed by atoms with E-state index < -0.39 is 0 Å². The van der Waals surface area contributed by atoms with E-state index in [4.69, 9.17) is 0 Å². The smallest absolute Gasteiger partial charge is 0.571 e. The van der Waals surface area contributed by atoms with Crippen LogP contribution in [0.4, 0.5) is 0 Å². The summed E-state index contributed by atoms with van der Waals surface area (Å²) in [6.07, 6.45) is 4.67. The van der Waals surface area contributed by atoms with Crippen molar-refractivity contribution in [3.63, 3.8) is 0 Å². The number of hydrogen-bond donors (Lipinski definition) is 0. The van der Waals surface area contributed by atoms with Gasteiger partial charge >= 0.3 is 21.7 Å². The molecule has 0 N–H and O–H groups in total. The third kappa shape index (κ3) is 22.2. The van der Waals surface area contributed by atoms with Crippen LogP contribution in [0.3, 0.4) is 0 Å². The summed E-state index contributed by atoms with van der Waals surface area (Å²) in [5, 5.41) is 0. The topological polar surface area (TPSA) is 50.1 Å². The normalized spacial score (nSPS) is 24.7. The van der Waals surface area contributed by atoms with Gasteiger partial charge in [0.15, 0.2) is 0 Å². The third-order valence-corrected chi connectivity index (χ3v) is 1.73. The molecular formula is C12H20O4Ti. The molecule has 4 aliphatic rings. The quantitative estimate of drug-likeness (QED) is 0.387. The molecule has 0 radical (unpaired) electrons. The fourth-order valence-electron chi connectivity index (χ4n) is 0.289. The van der Waals surface area contributed by atoms with E-state index in [-0.39, 0.29) is 21.7 Å². The molecule has 5 heteroatoms. The molecule has 4 nitrogen and oxygen atoms in total. The summed E-state index contributed by atoms with van der Waals surface area (Å²) in [5.74, 6) is 0. The Labute approximate surface area is 119 Å². The average Bonchev–Trinajstić information content (AvgIpc) is 3.05. The molecule has 17 heavy (non-hydrogen) atoms. The largest absolute Gasteiger partial charge is 4.00 e. The molecule has 0 aromatic rings. The third-order valence-electron chi connectivity index (χ3n) is 1.73. The number of epoxide rings is 4. The summed E-state index contributed by atoms with van der Waals surface area (Å²) in [5.41, 5.74) is 0. The van der Waals surface area contributed by atoms with Crippen molar-refractivity contribution in [2.24, 2.45) is 0 Å². The molecule has 96 valence electrons. The fourth-order valence-corrected chi connectivity index (χ4v) is 0.289. The van der Waals surface area contributed by atoms with Crippen LogP contribution in [0.5, 0.6) is 0 Å².